The molecular weight excluding hydrogens is 534 g/mol. The van der Waals surface area contributed by atoms with E-state index in [0.29, 0.717) is 33.7 Å². The summed E-state index contributed by atoms with van der Waals surface area (Å²) in [7, 11) is 0. The maximum atomic E-state index is 12.5. The van der Waals surface area contributed by atoms with Crippen molar-refractivity contribution in [3.05, 3.63) is 129 Å². The average Bonchev–Trinajstić information content (AvgIpc) is 2.90. The standard InChI is InChI=1S/C29H22BrN3O4/c1-19-5-4-7-22(17-19)27(34)32-25-15-11-20(12-16-25)28(35)33-31-18-23-6-2-3-8-26(23)37-29(36)21-9-13-24(30)14-10-21/h2-18H,1H3,(H,32,34)(H,33,35)/b31-18-. The number of anilines is 1. The second kappa shape index (κ2) is 11.9. The van der Waals surface area contributed by atoms with Gasteiger partial charge in [0.15, 0.2) is 0 Å². The van der Waals surface area contributed by atoms with Gasteiger partial charge in [0.25, 0.3) is 11.8 Å². The summed E-state index contributed by atoms with van der Waals surface area (Å²) in [5.74, 6) is -0.865. The number of ether oxygens (including phenoxy) is 1. The van der Waals surface area contributed by atoms with E-state index in [9.17, 15) is 14.4 Å². The lowest BCUT2D eigenvalue weighted by Crippen LogP contribution is -2.18. The monoisotopic (exact) mass is 555 g/mol. The van der Waals surface area contributed by atoms with Crippen LogP contribution in [0.3, 0.4) is 0 Å². The first kappa shape index (κ1) is 25.5. The molecule has 0 aliphatic carbocycles. The van der Waals surface area contributed by atoms with Gasteiger partial charge in [0.05, 0.1) is 11.8 Å². The molecular formula is C29H22BrN3O4. The van der Waals surface area contributed by atoms with Crippen molar-refractivity contribution in [2.24, 2.45) is 5.10 Å². The van der Waals surface area contributed by atoms with Gasteiger partial charge in [-0.3, -0.25) is 9.59 Å². The molecule has 0 aliphatic rings. The van der Waals surface area contributed by atoms with Crippen LogP contribution in [0.5, 0.6) is 5.75 Å². The number of carbonyl (C=O) groups is 3. The number of hydrogen-bond donors (Lipinski definition) is 2. The van der Waals surface area contributed by atoms with Crippen molar-refractivity contribution in [3.8, 4) is 5.75 Å². The highest BCUT2D eigenvalue weighted by Crippen LogP contribution is 2.19. The highest BCUT2D eigenvalue weighted by molar-refractivity contribution is 9.10. The Labute approximate surface area is 222 Å². The molecule has 37 heavy (non-hydrogen) atoms. The van der Waals surface area contributed by atoms with Crippen molar-refractivity contribution >= 4 is 45.6 Å². The number of nitrogens with one attached hydrogen (secondary N) is 2. The molecule has 4 aromatic carbocycles. The molecule has 0 aliphatic heterocycles. The molecule has 0 saturated carbocycles. The number of aryl methyl sites for hydroxylation is 1. The summed E-state index contributed by atoms with van der Waals surface area (Å²) in [6, 6.07) is 27.4. The summed E-state index contributed by atoms with van der Waals surface area (Å²) in [6.45, 7) is 1.92. The van der Waals surface area contributed by atoms with Crippen molar-refractivity contribution in [3.63, 3.8) is 0 Å². The second-order valence-corrected chi connectivity index (χ2v) is 8.95. The summed E-state index contributed by atoms with van der Waals surface area (Å²) in [4.78, 5) is 37.4. The lowest BCUT2D eigenvalue weighted by Gasteiger charge is -2.08. The van der Waals surface area contributed by atoms with Crippen LogP contribution in [0.4, 0.5) is 5.69 Å². The van der Waals surface area contributed by atoms with Gasteiger partial charge >= 0.3 is 5.97 Å². The normalized spacial score (nSPS) is 10.6. The minimum atomic E-state index is -0.507. The van der Waals surface area contributed by atoms with Crippen LogP contribution in [0.25, 0.3) is 0 Å². The van der Waals surface area contributed by atoms with E-state index >= 15 is 0 Å². The molecule has 0 radical (unpaired) electrons. The Kier molecular flexibility index (Phi) is 8.22. The van der Waals surface area contributed by atoms with Gasteiger partial charge in [0.1, 0.15) is 5.75 Å². The second-order valence-electron chi connectivity index (χ2n) is 8.03. The van der Waals surface area contributed by atoms with E-state index in [0.717, 1.165) is 10.0 Å². The van der Waals surface area contributed by atoms with E-state index in [2.05, 4.69) is 31.8 Å². The summed E-state index contributed by atoms with van der Waals surface area (Å²) < 4.78 is 6.36. The third kappa shape index (κ3) is 6.99. The quantitative estimate of drug-likeness (QED) is 0.126. The Balaban J connectivity index is 1.35. The van der Waals surface area contributed by atoms with Gasteiger partial charge in [-0.25, -0.2) is 10.2 Å². The van der Waals surface area contributed by atoms with E-state index in [1.165, 1.54) is 6.21 Å². The van der Waals surface area contributed by atoms with Gasteiger partial charge in [-0.2, -0.15) is 5.10 Å². The minimum Gasteiger partial charge on any atom is -0.422 e. The third-order valence-corrected chi connectivity index (χ3v) is 5.79. The zero-order chi connectivity index (χ0) is 26.2. The van der Waals surface area contributed by atoms with Gasteiger partial charge < -0.3 is 10.1 Å². The average molecular weight is 556 g/mol. The Morgan fingerprint density at radius 2 is 1.49 bits per heavy atom. The van der Waals surface area contributed by atoms with Gasteiger partial charge in [-0.1, -0.05) is 45.8 Å². The molecule has 0 fully saturated rings. The molecule has 0 spiro atoms. The van der Waals surface area contributed by atoms with Crippen LogP contribution < -0.4 is 15.5 Å². The van der Waals surface area contributed by atoms with Crippen molar-refractivity contribution in [1.29, 1.82) is 0 Å². The van der Waals surface area contributed by atoms with Crippen molar-refractivity contribution < 1.29 is 19.1 Å². The molecule has 184 valence electrons. The number of carbonyl (C=O) groups excluding carboxylic acids is 3. The van der Waals surface area contributed by atoms with Crippen LogP contribution in [0.1, 0.15) is 42.2 Å². The SMILES string of the molecule is Cc1cccc(C(=O)Nc2ccc(C(=O)N/N=C\c3ccccc3OC(=O)c3ccc(Br)cc3)cc2)c1. The molecule has 4 aromatic rings. The number of hydrogen-bond acceptors (Lipinski definition) is 5. The van der Waals surface area contributed by atoms with E-state index < -0.39 is 11.9 Å². The summed E-state index contributed by atoms with van der Waals surface area (Å²) in [6.07, 6.45) is 1.40. The predicted octanol–water partition coefficient (Wildman–Crippen LogP) is 5.99. The first-order chi connectivity index (χ1) is 17.9. The lowest BCUT2D eigenvalue weighted by atomic mass is 10.1. The number of para-hydroxylation sites is 1. The number of halogens is 1. The van der Waals surface area contributed by atoms with Crippen LogP contribution >= 0.6 is 15.9 Å². The predicted molar refractivity (Wildman–Crippen MR) is 146 cm³/mol. The van der Waals surface area contributed by atoms with Crippen molar-refractivity contribution in [1.82, 2.24) is 5.43 Å². The molecule has 7 nitrogen and oxygen atoms in total. The number of benzene rings is 4. The minimum absolute atomic E-state index is 0.231. The van der Waals surface area contributed by atoms with Gasteiger partial charge in [-0.05, 0) is 79.7 Å². The van der Waals surface area contributed by atoms with E-state index in [1.54, 1.807) is 84.9 Å². The van der Waals surface area contributed by atoms with Gasteiger partial charge in [0.2, 0.25) is 0 Å². The largest absolute Gasteiger partial charge is 0.422 e. The van der Waals surface area contributed by atoms with E-state index in [1.807, 2.05) is 19.1 Å². The molecule has 2 N–H and O–H groups in total. The molecule has 0 aromatic heterocycles. The molecule has 0 atom stereocenters. The number of amides is 2. The third-order valence-electron chi connectivity index (χ3n) is 5.26. The Morgan fingerprint density at radius 3 is 2.22 bits per heavy atom. The van der Waals surface area contributed by atoms with Crippen LogP contribution in [-0.4, -0.2) is 24.0 Å². The summed E-state index contributed by atoms with van der Waals surface area (Å²) in [5, 5.41) is 6.81. The molecule has 0 saturated heterocycles. The first-order valence-corrected chi connectivity index (χ1v) is 12.1. The number of esters is 1. The summed E-state index contributed by atoms with van der Waals surface area (Å²) >= 11 is 3.33. The van der Waals surface area contributed by atoms with Gasteiger partial charge in [0, 0.05) is 26.9 Å². The molecule has 4 rings (SSSR count). The first-order valence-electron chi connectivity index (χ1n) is 11.3. The fourth-order valence-corrected chi connectivity index (χ4v) is 3.61. The van der Waals surface area contributed by atoms with Crippen molar-refractivity contribution in [2.75, 3.05) is 5.32 Å². The van der Waals surface area contributed by atoms with Crippen LogP contribution in [0.2, 0.25) is 0 Å². The zero-order valence-electron chi connectivity index (χ0n) is 19.8. The highest BCUT2D eigenvalue weighted by atomic mass is 79.9. The maximum Gasteiger partial charge on any atom is 0.343 e. The fraction of sp³-hybridized carbons (Fsp3) is 0.0345. The lowest BCUT2D eigenvalue weighted by molar-refractivity contribution is 0.0734. The number of rotatable bonds is 7. The fourth-order valence-electron chi connectivity index (χ4n) is 3.34. The van der Waals surface area contributed by atoms with Crippen LogP contribution in [0, 0.1) is 6.92 Å². The van der Waals surface area contributed by atoms with Crippen molar-refractivity contribution in [2.45, 2.75) is 6.92 Å². The van der Waals surface area contributed by atoms with Crippen LogP contribution in [-0.2, 0) is 0 Å². The molecule has 0 heterocycles. The van der Waals surface area contributed by atoms with E-state index in [4.69, 9.17) is 4.74 Å². The smallest absolute Gasteiger partial charge is 0.343 e. The van der Waals surface area contributed by atoms with Crippen LogP contribution in [0.15, 0.2) is 107 Å². The molecule has 0 bridgehead atoms. The topological polar surface area (TPSA) is 96.9 Å². The van der Waals surface area contributed by atoms with E-state index in [-0.39, 0.29) is 5.91 Å². The summed E-state index contributed by atoms with van der Waals surface area (Å²) in [5.41, 5.74) is 5.85. The Bertz CT molecular complexity index is 1470. The molecule has 8 heteroatoms. The highest BCUT2D eigenvalue weighted by Gasteiger charge is 2.11. The molecule has 0 unspecified atom stereocenters. The number of hydrazone groups is 1. The van der Waals surface area contributed by atoms with Gasteiger partial charge in [-0.15, -0.1) is 0 Å². The maximum absolute atomic E-state index is 12.5. The number of nitrogens with zero attached hydrogens (tertiary/aromatic N) is 1. The molecule has 2 amide bonds. The zero-order valence-corrected chi connectivity index (χ0v) is 21.4. The Hall–Kier alpha value is -4.56. The Morgan fingerprint density at radius 1 is 0.784 bits per heavy atom.